The van der Waals surface area contributed by atoms with E-state index in [2.05, 4.69) is 17.1 Å². The maximum Gasteiger partial charge on any atom is 0.410 e. The van der Waals surface area contributed by atoms with Gasteiger partial charge in [0, 0.05) is 18.4 Å². The third-order valence-corrected chi connectivity index (χ3v) is 5.05. The van der Waals surface area contributed by atoms with E-state index in [0.29, 0.717) is 12.2 Å². The largest absolute Gasteiger partial charge is 0.445 e. The summed E-state index contributed by atoms with van der Waals surface area (Å²) in [5.74, 6) is 0. The number of fused-ring (bicyclic) bond motifs is 2. The van der Waals surface area contributed by atoms with Crippen LogP contribution in [0.4, 0.5) is 4.79 Å². The maximum atomic E-state index is 12.6. The second-order valence-corrected chi connectivity index (χ2v) is 6.72. The van der Waals surface area contributed by atoms with E-state index in [1.165, 1.54) is 0 Å². The summed E-state index contributed by atoms with van der Waals surface area (Å²) in [4.78, 5) is 18.6. The number of nitriles is 1. The molecule has 1 amide bonds. The van der Waals surface area contributed by atoms with Crippen molar-refractivity contribution < 1.29 is 9.53 Å². The molecule has 0 spiro atoms. The van der Waals surface area contributed by atoms with Gasteiger partial charge in [-0.25, -0.2) is 4.79 Å². The molecule has 2 bridgehead atoms. The minimum atomic E-state index is -0.249. The van der Waals surface area contributed by atoms with Crippen LogP contribution >= 0.6 is 0 Å². The zero-order valence-corrected chi connectivity index (χ0v) is 14.3. The lowest BCUT2D eigenvalue weighted by molar-refractivity contribution is 0.0832. The van der Waals surface area contributed by atoms with E-state index < -0.39 is 0 Å². The van der Waals surface area contributed by atoms with Crippen molar-refractivity contribution in [2.45, 2.75) is 38.0 Å². The minimum Gasteiger partial charge on any atom is -0.445 e. The number of nitrogens with zero attached hydrogens (tertiary/aromatic N) is 3. The van der Waals surface area contributed by atoms with Crippen LogP contribution < -0.4 is 0 Å². The summed E-state index contributed by atoms with van der Waals surface area (Å²) in [5, 5.41) is 9.07. The Labute approximate surface area is 152 Å². The van der Waals surface area contributed by atoms with Crippen molar-refractivity contribution in [3.63, 3.8) is 0 Å². The highest BCUT2D eigenvalue weighted by atomic mass is 16.6. The average Bonchev–Trinajstić information content (AvgIpc) is 2.96. The van der Waals surface area contributed by atoms with Crippen molar-refractivity contribution in [3.8, 4) is 6.07 Å². The highest BCUT2D eigenvalue weighted by Gasteiger charge is 2.40. The molecule has 3 heterocycles. The van der Waals surface area contributed by atoms with E-state index in [0.717, 1.165) is 36.0 Å². The Balaban J connectivity index is 1.48. The summed E-state index contributed by atoms with van der Waals surface area (Å²) < 4.78 is 5.53. The third-order valence-electron chi connectivity index (χ3n) is 5.05. The summed E-state index contributed by atoms with van der Waals surface area (Å²) in [6, 6.07) is 13.9. The van der Waals surface area contributed by atoms with Gasteiger partial charge in [0.2, 0.25) is 0 Å². The van der Waals surface area contributed by atoms with E-state index in [1.807, 2.05) is 41.3 Å². The van der Waals surface area contributed by atoms with Crippen LogP contribution in [0.15, 0.2) is 54.9 Å². The fourth-order valence-corrected chi connectivity index (χ4v) is 3.80. The van der Waals surface area contributed by atoms with Gasteiger partial charge in [-0.05, 0) is 42.0 Å². The summed E-state index contributed by atoms with van der Waals surface area (Å²) in [6.45, 7) is 0.292. The molecule has 2 unspecified atom stereocenters. The molecular weight excluding hydrogens is 326 g/mol. The number of aromatic nitrogens is 1. The molecule has 0 radical (unpaired) electrons. The number of rotatable bonds is 3. The first-order chi connectivity index (χ1) is 12.7. The van der Waals surface area contributed by atoms with Gasteiger partial charge in [0.25, 0.3) is 0 Å². The molecule has 1 saturated heterocycles. The Kier molecular flexibility index (Phi) is 4.40. The predicted octanol–water partition coefficient (Wildman–Crippen LogP) is 3.91. The monoisotopic (exact) mass is 345 g/mol. The summed E-state index contributed by atoms with van der Waals surface area (Å²) in [5.41, 5.74) is 3.67. The van der Waals surface area contributed by atoms with Gasteiger partial charge in [0.05, 0.1) is 11.6 Å². The van der Waals surface area contributed by atoms with Crippen LogP contribution in [0.25, 0.3) is 5.57 Å². The number of pyridine rings is 1. The molecule has 5 nitrogen and oxygen atoms in total. The molecule has 2 atom stereocenters. The molecule has 1 aromatic heterocycles. The van der Waals surface area contributed by atoms with Crippen LogP contribution in [0.5, 0.6) is 0 Å². The van der Waals surface area contributed by atoms with Crippen LogP contribution in [-0.4, -0.2) is 28.1 Å². The first-order valence-electron chi connectivity index (χ1n) is 8.80. The van der Waals surface area contributed by atoms with Crippen LogP contribution in [0, 0.1) is 11.3 Å². The van der Waals surface area contributed by atoms with Crippen molar-refractivity contribution in [2.24, 2.45) is 0 Å². The van der Waals surface area contributed by atoms with E-state index in [-0.39, 0.29) is 18.2 Å². The zero-order valence-electron chi connectivity index (χ0n) is 14.3. The van der Waals surface area contributed by atoms with Gasteiger partial charge in [0.15, 0.2) is 0 Å². The Morgan fingerprint density at radius 2 is 2.12 bits per heavy atom. The number of hydrogen-bond donors (Lipinski definition) is 0. The molecule has 0 N–H and O–H groups in total. The molecule has 2 aliphatic rings. The number of carbonyl (C=O) groups excluding carboxylic acids is 1. The molecule has 130 valence electrons. The molecule has 2 aromatic rings. The van der Waals surface area contributed by atoms with Crippen molar-refractivity contribution in [1.82, 2.24) is 9.88 Å². The van der Waals surface area contributed by atoms with Crippen LogP contribution in [0.3, 0.4) is 0 Å². The fourth-order valence-electron chi connectivity index (χ4n) is 3.80. The average molecular weight is 345 g/mol. The Morgan fingerprint density at radius 3 is 2.88 bits per heavy atom. The second-order valence-electron chi connectivity index (χ2n) is 6.72. The maximum absolute atomic E-state index is 12.6. The van der Waals surface area contributed by atoms with Crippen LogP contribution in [0.1, 0.15) is 36.0 Å². The minimum absolute atomic E-state index is 0.0535. The molecule has 26 heavy (non-hydrogen) atoms. The van der Waals surface area contributed by atoms with Crippen molar-refractivity contribution in [1.29, 1.82) is 5.26 Å². The lowest BCUT2D eigenvalue weighted by Crippen LogP contribution is -2.43. The lowest BCUT2D eigenvalue weighted by Gasteiger charge is -2.33. The predicted molar refractivity (Wildman–Crippen MR) is 96.8 cm³/mol. The fraction of sp³-hybridized carbons (Fsp3) is 0.286. The lowest BCUT2D eigenvalue weighted by atomic mass is 9.95. The van der Waals surface area contributed by atoms with Crippen molar-refractivity contribution >= 4 is 11.7 Å². The summed E-state index contributed by atoms with van der Waals surface area (Å²) in [7, 11) is 0. The zero-order chi connectivity index (χ0) is 17.9. The van der Waals surface area contributed by atoms with Gasteiger partial charge < -0.3 is 4.74 Å². The number of hydrogen-bond acceptors (Lipinski definition) is 4. The van der Waals surface area contributed by atoms with Crippen molar-refractivity contribution in [3.05, 3.63) is 71.6 Å². The molecule has 0 aliphatic carbocycles. The van der Waals surface area contributed by atoms with Crippen LogP contribution in [0.2, 0.25) is 0 Å². The molecular formula is C21H19N3O2. The number of ether oxygens (including phenoxy) is 1. The molecule has 2 aliphatic heterocycles. The standard InChI is InChI=1S/C21H19N3O2/c22-11-16-8-18(13-23-12-16)17-9-19-6-7-20(10-17)24(19)21(25)26-14-15-4-2-1-3-5-15/h1-5,8-9,12-13,19-20H,6-7,10,14H2. The third kappa shape index (κ3) is 3.18. The van der Waals surface area contributed by atoms with Gasteiger partial charge in [0.1, 0.15) is 12.7 Å². The first kappa shape index (κ1) is 16.3. The molecule has 5 heteroatoms. The van der Waals surface area contributed by atoms with Crippen LogP contribution in [-0.2, 0) is 11.3 Å². The topological polar surface area (TPSA) is 66.2 Å². The molecule has 4 rings (SSSR count). The van der Waals surface area contributed by atoms with E-state index in [4.69, 9.17) is 10.00 Å². The van der Waals surface area contributed by atoms with Gasteiger partial charge in [-0.1, -0.05) is 36.4 Å². The highest BCUT2D eigenvalue weighted by Crippen LogP contribution is 2.38. The second kappa shape index (κ2) is 7.01. The molecule has 1 fully saturated rings. The summed E-state index contributed by atoms with van der Waals surface area (Å²) in [6.07, 6.45) is 7.92. The number of amides is 1. The number of carbonyl (C=O) groups is 1. The van der Waals surface area contributed by atoms with Gasteiger partial charge in [-0.3, -0.25) is 9.88 Å². The molecule has 1 aromatic carbocycles. The Hall–Kier alpha value is -3.13. The van der Waals surface area contributed by atoms with Gasteiger partial charge in [-0.15, -0.1) is 0 Å². The molecule has 0 saturated carbocycles. The first-order valence-corrected chi connectivity index (χ1v) is 8.80. The van der Waals surface area contributed by atoms with Gasteiger partial charge in [-0.2, -0.15) is 5.26 Å². The van der Waals surface area contributed by atoms with E-state index >= 15 is 0 Å². The Morgan fingerprint density at radius 1 is 1.27 bits per heavy atom. The number of benzene rings is 1. The summed E-state index contributed by atoms with van der Waals surface area (Å²) >= 11 is 0. The normalized spacial score (nSPS) is 21.0. The highest BCUT2D eigenvalue weighted by molar-refractivity contribution is 5.75. The van der Waals surface area contributed by atoms with Gasteiger partial charge >= 0.3 is 6.09 Å². The smallest absolute Gasteiger partial charge is 0.410 e. The quantitative estimate of drug-likeness (QED) is 0.846. The Bertz CT molecular complexity index is 886. The SMILES string of the molecule is N#Cc1cncc(C2=CC3CCC(C2)N3C(=O)OCc2ccccc2)c1. The van der Waals surface area contributed by atoms with E-state index in [1.54, 1.807) is 12.4 Å². The van der Waals surface area contributed by atoms with E-state index in [9.17, 15) is 4.79 Å². The van der Waals surface area contributed by atoms with Crippen molar-refractivity contribution in [2.75, 3.05) is 0 Å².